The van der Waals surface area contributed by atoms with Crippen LogP contribution in [0.5, 0.6) is 0 Å². The summed E-state index contributed by atoms with van der Waals surface area (Å²) in [5.74, 6) is 4.99. The van der Waals surface area contributed by atoms with Crippen molar-refractivity contribution in [3.05, 3.63) is 28.8 Å². The number of nitrogens with two attached hydrogens (primary N) is 1. The van der Waals surface area contributed by atoms with Crippen molar-refractivity contribution in [2.45, 2.75) is 33.0 Å². The van der Waals surface area contributed by atoms with E-state index in [2.05, 4.69) is 10.2 Å². The first kappa shape index (κ1) is 14.8. The molecule has 0 saturated heterocycles. The zero-order valence-corrected chi connectivity index (χ0v) is 11.4. The Morgan fingerprint density at radius 1 is 1.44 bits per heavy atom. The van der Waals surface area contributed by atoms with E-state index >= 15 is 0 Å². The summed E-state index contributed by atoms with van der Waals surface area (Å²) >= 11 is 5.97. The molecule has 0 bridgehead atoms. The third-order valence-corrected chi connectivity index (χ3v) is 2.25. The monoisotopic (exact) mass is 272 g/mol. The van der Waals surface area contributed by atoms with E-state index in [1.54, 1.807) is 39.0 Å². The normalized spacial score (nSPS) is 11.2. The van der Waals surface area contributed by atoms with Gasteiger partial charge in [0.2, 0.25) is 0 Å². The molecule has 0 atom stereocenters. The number of rotatable bonds is 3. The molecule has 0 aliphatic heterocycles. The Morgan fingerprint density at radius 2 is 2.11 bits per heavy atom. The Labute approximate surface area is 111 Å². The van der Waals surface area contributed by atoms with Gasteiger partial charge in [-0.1, -0.05) is 17.7 Å². The minimum absolute atomic E-state index is 0.236. The molecule has 0 unspecified atom stereocenters. The number of halogens is 1. The van der Waals surface area contributed by atoms with Crippen LogP contribution in [-0.4, -0.2) is 11.7 Å². The van der Waals surface area contributed by atoms with E-state index in [1.165, 1.54) is 0 Å². The molecule has 0 heterocycles. The Balaban J connectivity index is 2.77. The summed E-state index contributed by atoms with van der Waals surface area (Å²) in [5, 5.41) is 2.99. The van der Waals surface area contributed by atoms with Crippen LogP contribution >= 0.6 is 11.6 Å². The Hall–Kier alpha value is -1.30. The number of hydrogen-bond acceptors (Lipinski definition) is 4. The summed E-state index contributed by atoms with van der Waals surface area (Å²) in [6.07, 6.45) is -0.560. The number of carbonyl (C=O) groups is 1. The number of benzene rings is 1. The zero-order chi connectivity index (χ0) is 13.8. The first-order valence-corrected chi connectivity index (χ1v) is 5.80. The van der Waals surface area contributed by atoms with Gasteiger partial charge in [0.05, 0.1) is 17.3 Å². The summed E-state index contributed by atoms with van der Waals surface area (Å²) in [6, 6.07) is 5.09. The van der Waals surface area contributed by atoms with E-state index in [1.807, 2.05) is 0 Å². The molecule has 0 aromatic heterocycles. The van der Waals surface area contributed by atoms with Gasteiger partial charge in [0.15, 0.2) is 0 Å². The van der Waals surface area contributed by atoms with Gasteiger partial charge in [0.25, 0.3) is 0 Å². The van der Waals surface area contributed by atoms with E-state index in [9.17, 15) is 4.79 Å². The first-order chi connectivity index (χ1) is 8.31. The molecule has 1 amide bonds. The van der Waals surface area contributed by atoms with E-state index in [0.717, 1.165) is 5.56 Å². The molecule has 0 radical (unpaired) electrons. The molecule has 100 valence electrons. The van der Waals surface area contributed by atoms with Crippen LogP contribution in [0.15, 0.2) is 18.2 Å². The van der Waals surface area contributed by atoms with Gasteiger partial charge in [0, 0.05) is 0 Å². The van der Waals surface area contributed by atoms with Gasteiger partial charge in [-0.05, 0) is 38.5 Å². The summed E-state index contributed by atoms with van der Waals surface area (Å²) < 4.78 is 5.13. The molecule has 0 fully saturated rings. The van der Waals surface area contributed by atoms with Crippen LogP contribution in [0.1, 0.15) is 26.3 Å². The second-order valence-corrected chi connectivity index (χ2v) is 5.16. The van der Waals surface area contributed by atoms with Gasteiger partial charge in [-0.15, -0.1) is 0 Å². The highest BCUT2D eigenvalue weighted by atomic mass is 35.5. The van der Waals surface area contributed by atoms with Gasteiger partial charge in [-0.25, -0.2) is 10.7 Å². The van der Waals surface area contributed by atoms with Gasteiger partial charge in [0.1, 0.15) is 5.60 Å². The number of carbonyl (C=O) groups excluding carboxylic acids is 1. The summed E-state index contributed by atoms with van der Waals surface area (Å²) in [4.78, 5) is 16.1. The largest absolute Gasteiger partial charge is 0.444 e. The van der Waals surface area contributed by atoms with E-state index in [0.29, 0.717) is 10.7 Å². The Kier molecular flexibility index (Phi) is 4.95. The molecule has 1 rings (SSSR count). The lowest BCUT2D eigenvalue weighted by Gasteiger charge is -2.20. The Morgan fingerprint density at radius 3 is 2.67 bits per heavy atom. The van der Waals surface area contributed by atoms with Crippen LogP contribution in [-0.2, 0) is 16.2 Å². The zero-order valence-electron chi connectivity index (χ0n) is 10.6. The molecule has 0 spiro atoms. The van der Waals surface area contributed by atoms with Gasteiger partial charge < -0.3 is 4.74 Å². The third-order valence-electron chi connectivity index (χ3n) is 1.92. The van der Waals surface area contributed by atoms with Crippen molar-refractivity contribution < 1.29 is 14.4 Å². The van der Waals surface area contributed by atoms with E-state index in [-0.39, 0.29) is 6.61 Å². The quantitative estimate of drug-likeness (QED) is 0.830. The highest BCUT2D eigenvalue weighted by Gasteiger charge is 2.17. The minimum atomic E-state index is -0.561. The van der Waals surface area contributed by atoms with Gasteiger partial charge in [-0.2, -0.15) is 0 Å². The van der Waals surface area contributed by atoms with Crippen LogP contribution < -0.4 is 11.2 Å². The topological polar surface area (TPSA) is 73.6 Å². The SMILES string of the molecule is CC(C)(C)OC(=O)Nc1cc(CON)ccc1Cl. The minimum Gasteiger partial charge on any atom is -0.444 e. The average molecular weight is 273 g/mol. The van der Waals surface area contributed by atoms with Crippen molar-refractivity contribution in [3.63, 3.8) is 0 Å². The third kappa shape index (κ3) is 4.91. The molecule has 6 heteroatoms. The predicted octanol–water partition coefficient (Wildman–Crippen LogP) is 3.08. The molecule has 0 saturated carbocycles. The van der Waals surface area contributed by atoms with E-state index in [4.69, 9.17) is 22.2 Å². The van der Waals surface area contributed by atoms with Crippen LogP contribution in [0.4, 0.5) is 10.5 Å². The van der Waals surface area contributed by atoms with Crippen molar-refractivity contribution in [1.82, 2.24) is 0 Å². The smallest absolute Gasteiger partial charge is 0.412 e. The Bertz CT molecular complexity index is 430. The van der Waals surface area contributed by atoms with Crippen molar-refractivity contribution in [3.8, 4) is 0 Å². The standard InChI is InChI=1S/C12H17ClN2O3/c1-12(2,3)18-11(16)15-10-6-8(7-17-14)4-5-9(10)13/h4-6H,7,14H2,1-3H3,(H,15,16). The molecule has 5 nitrogen and oxygen atoms in total. The second kappa shape index (κ2) is 6.04. The van der Waals surface area contributed by atoms with Crippen molar-refractivity contribution in [2.75, 3.05) is 5.32 Å². The molecule has 1 aromatic rings. The molecule has 0 aliphatic carbocycles. The number of nitrogens with one attached hydrogen (secondary N) is 1. The average Bonchev–Trinajstić information content (AvgIpc) is 2.20. The number of ether oxygens (including phenoxy) is 1. The lowest BCUT2D eigenvalue weighted by atomic mass is 10.2. The fourth-order valence-electron chi connectivity index (χ4n) is 1.27. The fourth-order valence-corrected chi connectivity index (χ4v) is 1.43. The van der Waals surface area contributed by atoms with Crippen LogP contribution in [0, 0.1) is 0 Å². The lowest BCUT2D eigenvalue weighted by molar-refractivity contribution is 0.0636. The number of amides is 1. The number of anilines is 1. The maximum Gasteiger partial charge on any atom is 0.412 e. The van der Waals surface area contributed by atoms with Crippen LogP contribution in [0.25, 0.3) is 0 Å². The predicted molar refractivity (Wildman–Crippen MR) is 70.3 cm³/mol. The van der Waals surface area contributed by atoms with Crippen LogP contribution in [0.3, 0.4) is 0 Å². The molecule has 3 N–H and O–H groups in total. The highest BCUT2D eigenvalue weighted by Crippen LogP contribution is 2.24. The van der Waals surface area contributed by atoms with Crippen molar-refractivity contribution in [2.24, 2.45) is 5.90 Å². The fraction of sp³-hybridized carbons (Fsp3) is 0.417. The molecular weight excluding hydrogens is 256 g/mol. The maximum atomic E-state index is 11.6. The molecule has 1 aromatic carbocycles. The molecular formula is C12H17ClN2O3. The second-order valence-electron chi connectivity index (χ2n) is 4.75. The highest BCUT2D eigenvalue weighted by molar-refractivity contribution is 6.33. The van der Waals surface area contributed by atoms with Crippen LogP contribution in [0.2, 0.25) is 5.02 Å². The van der Waals surface area contributed by atoms with E-state index < -0.39 is 11.7 Å². The summed E-state index contributed by atoms with van der Waals surface area (Å²) in [7, 11) is 0. The lowest BCUT2D eigenvalue weighted by Crippen LogP contribution is -2.27. The van der Waals surface area contributed by atoms with Gasteiger partial charge in [-0.3, -0.25) is 10.2 Å². The molecule has 0 aliphatic rings. The summed E-state index contributed by atoms with van der Waals surface area (Å²) in [6.45, 7) is 5.59. The van der Waals surface area contributed by atoms with Gasteiger partial charge >= 0.3 is 6.09 Å². The van der Waals surface area contributed by atoms with Crippen molar-refractivity contribution >= 4 is 23.4 Å². The summed E-state index contributed by atoms with van der Waals surface area (Å²) in [5.41, 5.74) is 0.697. The number of hydrogen-bond donors (Lipinski definition) is 2. The first-order valence-electron chi connectivity index (χ1n) is 5.42. The maximum absolute atomic E-state index is 11.6. The molecule has 18 heavy (non-hydrogen) atoms. The van der Waals surface area contributed by atoms with Crippen molar-refractivity contribution in [1.29, 1.82) is 0 Å².